The van der Waals surface area contributed by atoms with Gasteiger partial charge in [-0.1, -0.05) is 13.8 Å². The monoisotopic (exact) mass is 316 g/mol. The number of nitrogens with one attached hydrogen (secondary N) is 1. The van der Waals surface area contributed by atoms with Gasteiger partial charge in [-0.25, -0.2) is 9.50 Å². The van der Waals surface area contributed by atoms with Gasteiger partial charge < -0.3 is 4.90 Å². The molecule has 1 N–H and O–H groups in total. The summed E-state index contributed by atoms with van der Waals surface area (Å²) in [5.41, 5.74) is 3.54. The minimum atomic E-state index is -0.0771. The number of likely N-dealkylation sites (tertiary alicyclic amines) is 1. The maximum Gasteiger partial charge on any atom is 0.272 e. The summed E-state index contributed by atoms with van der Waals surface area (Å²) in [5, 5.41) is 3.09. The van der Waals surface area contributed by atoms with E-state index in [0.29, 0.717) is 13.0 Å². The number of carbonyl (C=O) groups excluding carboxylic acids is 1. The molecule has 2 aromatic rings. The van der Waals surface area contributed by atoms with E-state index >= 15 is 0 Å². The lowest BCUT2D eigenvalue weighted by Gasteiger charge is -2.32. The SMILES string of the molecule is CCCN1CC(c2cc(=O)n3[nH]c(C)c(CC)c3n2)CCC1=O. The number of carbonyl (C=O) groups is 1. The van der Waals surface area contributed by atoms with E-state index in [2.05, 4.69) is 18.9 Å². The molecule has 1 saturated heterocycles. The Bertz CT molecular complexity index is 790. The van der Waals surface area contributed by atoms with Gasteiger partial charge in [0.05, 0.1) is 5.69 Å². The molecular formula is C17H24N4O2. The smallest absolute Gasteiger partial charge is 0.272 e. The molecule has 1 fully saturated rings. The average Bonchev–Trinajstić information content (AvgIpc) is 2.85. The molecule has 1 amide bonds. The van der Waals surface area contributed by atoms with Crippen molar-refractivity contribution in [2.75, 3.05) is 13.1 Å². The molecule has 0 bridgehead atoms. The number of aromatic amines is 1. The number of H-pyrrole nitrogens is 1. The van der Waals surface area contributed by atoms with Crippen LogP contribution in [0.15, 0.2) is 10.9 Å². The number of fused-ring (bicyclic) bond motifs is 1. The van der Waals surface area contributed by atoms with Crippen molar-refractivity contribution in [1.29, 1.82) is 0 Å². The highest BCUT2D eigenvalue weighted by molar-refractivity contribution is 5.77. The molecule has 124 valence electrons. The lowest BCUT2D eigenvalue weighted by atomic mass is 9.94. The fourth-order valence-corrected chi connectivity index (χ4v) is 3.49. The largest absolute Gasteiger partial charge is 0.342 e. The van der Waals surface area contributed by atoms with Gasteiger partial charge in [-0.15, -0.1) is 0 Å². The van der Waals surface area contributed by atoms with E-state index in [0.717, 1.165) is 48.4 Å². The Morgan fingerprint density at radius 2 is 2.13 bits per heavy atom. The Hall–Kier alpha value is -2.11. The van der Waals surface area contributed by atoms with Gasteiger partial charge in [-0.05, 0) is 26.2 Å². The van der Waals surface area contributed by atoms with Crippen LogP contribution in [-0.4, -0.2) is 38.5 Å². The van der Waals surface area contributed by atoms with Gasteiger partial charge in [0.1, 0.15) is 0 Å². The highest BCUT2D eigenvalue weighted by Crippen LogP contribution is 2.26. The van der Waals surface area contributed by atoms with Gasteiger partial charge in [-0.2, -0.15) is 0 Å². The van der Waals surface area contributed by atoms with Gasteiger partial charge in [0.2, 0.25) is 5.91 Å². The van der Waals surface area contributed by atoms with Crippen LogP contribution in [0.2, 0.25) is 0 Å². The normalized spacial score (nSPS) is 18.8. The number of hydrogen-bond acceptors (Lipinski definition) is 3. The van der Waals surface area contributed by atoms with Crippen molar-refractivity contribution in [1.82, 2.24) is 19.5 Å². The van der Waals surface area contributed by atoms with E-state index in [-0.39, 0.29) is 17.4 Å². The van der Waals surface area contributed by atoms with E-state index in [1.807, 2.05) is 11.8 Å². The van der Waals surface area contributed by atoms with E-state index in [4.69, 9.17) is 4.98 Å². The second kappa shape index (κ2) is 6.18. The van der Waals surface area contributed by atoms with Crippen molar-refractivity contribution >= 4 is 11.6 Å². The minimum Gasteiger partial charge on any atom is -0.342 e. The first-order valence-corrected chi connectivity index (χ1v) is 8.44. The first kappa shape index (κ1) is 15.8. The first-order chi connectivity index (χ1) is 11.0. The van der Waals surface area contributed by atoms with Crippen molar-refractivity contribution in [2.45, 2.75) is 52.4 Å². The summed E-state index contributed by atoms with van der Waals surface area (Å²) in [6.07, 6.45) is 3.09. The van der Waals surface area contributed by atoms with Crippen molar-refractivity contribution in [3.05, 3.63) is 33.4 Å². The molecule has 1 atom stereocenters. The molecule has 3 rings (SSSR count). The summed E-state index contributed by atoms with van der Waals surface area (Å²) < 4.78 is 1.52. The highest BCUT2D eigenvalue weighted by Gasteiger charge is 2.28. The molecule has 3 heterocycles. The number of amides is 1. The Labute approximate surface area is 135 Å². The Kier molecular flexibility index (Phi) is 4.24. The maximum atomic E-state index is 12.4. The van der Waals surface area contributed by atoms with Crippen molar-refractivity contribution in [3.8, 4) is 0 Å². The van der Waals surface area contributed by atoms with Crippen LogP contribution in [-0.2, 0) is 11.2 Å². The van der Waals surface area contributed by atoms with E-state index in [9.17, 15) is 9.59 Å². The molecular weight excluding hydrogens is 292 g/mol. The van der Waals surface area contributed by atoms with Crippen LogP contribution in [0, 0.1) is 6.92 Å². The lowest BCUT2D eigenvalue weighted by molar-refractivity contribution is -0.133. The number of nitrogens with zero attached hydrogens (tertiary/aromatic N) is 3. The summed E-state index contributed by atoms with van der Waals surface area (Å²) in [7, 11) is 0. The van der Waals surface area contributed by atoms with Gasteiger partial charge in [0.15, 0.2) is 5.65 Å². The molecule has 6 heteroatoms. The molecule has 23 heavy (non-hydrogen) atoms. The predicted octanol–water partition coefficient (Wildman–Crippen LogP) is 2.01. The maximum absolute atomic E-state index is 12.4. The van der Waals surface area contributed by atoms with Gasteiger partial charge >= 0.3 is 0 Å². The summed E-state index contributed by atoms with van der Waals surface area (Å²) in [6.45, 7) is 7.55. The Morgan fingerprint density at radius 3 is 2.83 bits per heavy atom. The number of rotatable bonds is 4. The average molecular weight is 316 g/mol. The predicted molar refractivity (Wildman–Crippen MR) is 88.8 cm³/mol. The zero-order valence-electron chi connectivity index (χ0n) is 14.1. The van der Waals surface area contributed by atoms with Gasteiger partial charge in [-0.3, -0.25) is 14.7 Å². The third kappa shape index (κ3) is 2.78. The number of hydrogen-bond donors (Lipinski definition) is 1. The van der Waals surface area contributed by atoms with Crippen LogP contribution in [0.25, 0.3) is 5.65 Å². The summed E-state index contributed by atoms with van der Waals surface area (Å²) in [4.78, 5) is 31.1. The third-order valence-corrected chi connectivity index (χ3v) is 4.71. The molecule has 0 radical (unpaired) electrons. The fraction of sp³-hybridized carbons (Fsp3) is 0.588. The molecule has 0 saturated carbocycles. The second-order valence-corrected chi connectivity index (χ2v) is 6.32. The molecule has 1 unspecified atom stereocenters. The standard InChI is InChI=1S/C17H24N4O2/c1-4-8-20-10-12(6-7-15(20)22)14-9-16(23)21-17(18-14)13(5-2)11(3)19-21/h9,12,19H,4-8,10H2,1-3H3. The number of aromatic nitrogens is 3. The molecule has 0 aromatic carbocycles. The third-order valence-electron chi connectivity index (χ3n) is 4.71. The molecule has 1 aliphatic heterocycles. The van der Waals surface area contributed by atoms with Gasteiger partial charge in [0.25, 0.3) is 5.56 Å². The second-order valence-electron chi connectivity index (χ2n) is 6.32. The molecule has 0 aliphatic carbocycles. The van der Waals surface area contributed by atoms with E-state index in [1.54, 1.807) is 6.07 Å². The first-order valence-electron chi connectivity index (χ1n) is 8.44. The fourth-order valence-electron chi connectivity index (χ4n) is 3.49. The zero-order chi connectivity index (χ0) is 16.6. The zero-order valence-corrected chi connectivity index (χ0v) is 14.1. The van der Waals surface area contributed by atoms with Crippen LogP contribution < -0.4 is 5.56 Å². The quantitative estimate of drug-likeness (QED) is 0.938. The molecule has 6 nitrogen and oxygen atoms in total. The molecule has 1 aliphatic rings. The number of aryl methyl sites for hydroxylation is 2. The van der Waals surface area contributed by atoms with Crippen LogP contribution in [0.3, 0.4) is 0 Å². The van der Waals surface area contributed by atoms with Crippen LogP contribution in [0.4, 0.5) is 0 Å². The van der Waals surface area contributed by atoms with Crippen LogP contribution >= 0.6 is 0 Å². The number of piperidine rings is 1. The topological polar surface area (TPSA) is 70.5 Å². The Balaban J connectivity index is 2.00. The summed E-state index contributed by atoms with van der Waals surface area (Å²) in [5.74, 6) is 0.365. The highest BCUT2D eigenvalue weighted by atomic mass is 16.2. The van der Waals surface area contributed by atoms with Crippen molar-refractivity contribution in [3.63, 3.8) is 0 Å². The molecule has 0 spiro atoms. The van der Waals surface area contributed by atoms with E-state index in [1.165, 1.54) is 4.52 Å². The van der Waals surface area contributed by atoms with E-state index < -0.39 is 0 Å². The van der Waals surface area contributed by atoms with Crippen molar-refractivity contribution in [2.24, 2.45) is 0 Å². The van der Waals surface area contributed by atoms with Gasteiger partial charge in [0, 0.05) is 42.8 Å². The lowest BCUT2D eigenvalue weighted by Crippen LogP contribution is -2.40. The Morgan fingerprint density at radius 1 is 1.35 bits per heavy atom. The van der Waals surface area contributed by atoms with Crippen LogP contribution in [0.5, 0.6) is 0 Å². The van der Waals surface area contributed by atoms with Crippen molar-refractivity contribution < 1.29 is 4.79 Å². The van der Waals surface area contributed by atoms with Crippen LogP contribution in [0.1, 0.15) is 56.0 Å². The molecule has 2 aromatic heterocycles. The summed E-state index contributed by atoms with van der Waals surface area (Å²) in [6, 6.07) is 1.62. The minimum absolute atomic E-state index is 0.0771. The summed E-state index contributed by atoms with van der Waals surface area (Å²) >= 11 is 0.